The van der Waals surface area contributed by atoms with Gasteiger partial charge in [0.15, 0.2) is 0 Å². The highest BCUT2D eigenvalue weighted by atomic mass is 35.5. The third-order valence-electron chi connectivity index (χ3n) is 3.46. The van der Waals surface area contributed by atoms with Crippen molar-refractivity contribution in [2.75, 3.05) is 19.0 Å². The summed E-state index contributed by atoms with van der Waals surface area (Å²) < 4.78 is 5.20. The molecule has 0 atom stereocenters. The van der Waals surface area contributed by atoms with E-state index >= 15 is 0 Å². The van der Waals surface area contributed by atoms with Gasteiger partial charge in [0.1, 0.15) is 5.75 Å². The Hall–Kier alpha value is -2.73. The lowest BCUT2D eigenvalue weighted by molar-refractivity contribution is -0.115. The zero-order valence-electron chi connectivity index (χ0n) is 14.1. The van der Waals surface area contributed by atoms with Gasteiger partial charge in [-0.1, -0.05) is 41.9 Å². The number of ether oxygens (including phenoxy) is 1. The van der Waals surface area contributed by atoms with Crippen LogP contribution in [-0.4, -0.2) is 25.6 Å². The second-order valence-electron chi connectivity index (χ2n) is 5.37. The van der Waals surface area contributed by atoms with Crippen molar-refractivity contribution in [1.29, 1.82) is 0 Å². The minimum Gasteiger partial charge on any atom is -0.495 e. The van der Waals surface area contributed by atoms with Crippen molar-refractivity contribution in [2.45, 2.75) is 13.5 Å². The van der Waals surface area contributed by atoms with E-state index in [1.54, 1.807) is 12.1 Å². The van der Waals surface area contributed by atoms with E-state index in [4.69, 9.17) is 16.3 Å². The number of carbonyl (C=O) groups is 2. The lowest BCUT2D eigenvalue weighted by Crippen LogP contribution is -2.39. The van der Waals surface area contributed by atoms with Crippen molar-refractivity contribution in [1.82, 2.24) is 10.6 Å². The molecular weight excluding hydrogens is 342 g/mol. The summed E-state index contributed by atoms with van der Waals surface area (Å²) >= 11 is 6.03. The first kappa shape index (κ1) is 18.6. The molecule has 0 aromatic heterocycles. The van der Waals surface area contributed by atoms with E-state index in [-0.39, 0.29) is 12.5 Å². The van der Waals surface area contributed by atoms with Crippen molar-refractivity contribution in [3.63, 3.8) is 0 Å². The van der Waals surface area contributed by atoms with E-state index in [2.05, 4.69) is 16.0 Å². The third-order valence-corrected chi connectivity index (χ3v) is 3.87. The van der Waals surface area contributed by atoms with Gasteiger partial charge >= 0.3 is 6.03 Å². The summed E-state index contributed by atoms with van der Waals surface area (Å²) in [6.07, 6.45) is 0. The quantitative estimate of drug-likeness (QED) is 0.739. The molecule has 0 spiro atoms. The highest BCUT2D eigenvalue weighted by molar-refractivity contribution is 6.31. The molecule has 0 aliphatic carbocycles. The summed E-state index contributed by atoms with van der Waals surface area (Å²) in [5.41, 5.74) is 2.29. The van der Waals surface area contributed by atoms with Crippen LogP contribution in [0.1, 0.15) is 11.1 Å². The number of aryl methyl sites for hydroxylation is 1. The van der Waals surface area contributed by atoms with Crippen LogP contribution in [0.2, 0.25) is 5.02 Å². The SMILES string of the molecule is COc1cc(Cl)c(C)cc1NC(=O)CNC(=O)NCc1ccccc1. The highest BCUT2D eigenvalue weighted by Gasteiger charge is 2.11. The number of amides is 3. The van der Waals surface area contributed by atoms with Crippen LogP contribution < -0.4 is 20.7 Å². The van der Waals surface area contributed by atoms with Gasteiger partial charge < -0.3 is 20.7 Å². The predicted molar refractivity (Wildman–Crippen MR) is 98.1 cm³/mol. The van der Waals surface area contributed by atoms with Crippen LogP contribution in [0.25, 0.3) is 0 Å². The average Bonchev–Trinajstić information content (AvgIpc) is 2.62. The molecule has 2 aromatic rings. The summed E-state index contributed by atoms with van der Waals surface area (Å²) in [6.45, 7) is 2.05. The number of rotatable bonds is 6. The Labute approximate surface area is 151 Å². The first-order chi connectivity index (χ1) is 12.0. The van der Waals surface area contributed by atoms with Crippen LogP contribution in [0.4, 0.5) is 10.5 Å². The Balaban J connectivity index is 1.82. The number of halogens is 1. The number of carbonyl (C=O) groups excluding carboxylic acids is 2. The predicted octanol–water partition coefficient (Wildman–Crippen LogP) is 3.09. The van der Waals surface area contributed by atoms with Crippen molar-refractivity contribution in [2.24, 2.45) is 0 Å². The molecule has 0 fully saturated rings. The van der Waals surface area contributed by atoms with Gasteiger partial charge in [-0.3, -0.25) is 4.79 Å². The topological polar surface area (TPSA) is 79.5 Å². The minimum absolute atomic E-state index is 0.161. The van der Waals surface area contributed by atoms with Crippen LogP contribution in [0.15, 0.2) is 42.5 Å². The molecule has 0 radical (unpaired) electrons. The molecule has 2 rings (SSSR count). The second kappa shape index (κ2) is 8.94. The molecule has 0 saturated heterocycles. The van der Waals surface area contributed by atoms with Crippen molar-refractivity contribution >= 4 is 29.2 Å². The number of urea groups is 1. The molecule has 3 N–H and O–H groups in total. The summed E-state index contributed by atoms with van der Waals surface area (Å²) in [6, 6.07) is 12.4. The molecule has 3 amide bonds. The maximum absolute atomic E-state index is 12.0. The molecule has 0 saturated carbocycles. The molecule has 0 heterocycles. The van der Waals surface area contributed by atoms with Crippen LogP contribution in [0, 0.1) is 6.92 Å². The molecule has 6 nitrogen and oxygen atoms in total. The van der Waals surface area contributed by atoms with Crippen LogP contribution in [0.3, 0.4) is 0 Å². The van der Waals surface area contributed by atoms with E-state index in [0.29, 0.717) is 23.0 Å². The van der Waals surface area contributed by atoms with Crippen molar-refractivity contribution < 1.29 is 14.3 Å². The van der Waals surface area contributed by atoms with Crippen LogP contribution >= 0.6 is 11.6 Å². The Bertz CT molecular complexity index is 751. The molecule has 25 heavy (non-hydrogen) atoms. The molecule has 0 aliphatic heterocycles. The molecule has 7 heteroatoms. The number of anilines is 1. The Kier molecular flexibility index (Phi) is 6.65. The molecule has 132 valence electrons. The van der Waals surface area contributed by atoms with E-state index in [9.17, 15) is 9.59 Å². The van der Waals surface area contributed by atoms with Gasteiger partial charge in [-0.25, -0.2) is 4.79 Å². The number of methoxy groups -OCH3 is 1. The van der Waals surface area contributed by atoms with Gasteiger partial charge in [0.2, 0.25) is 5.91 Å². The van der Waals surface area contributed by atoms with Crippen LogP contribution in [0.5, 0.6) is 5.75 Å². The van der Waals surface area contributed by atoms with E-state index < -0.39 is 6.03 Å². The Morgan fingerprint density at radius 3 is 2.52 bits per heavy atom. The highest BCUT2D eigenvalue weighted by Crippen LogP contribution is 2.30. The van der Waals surface area contributed by atoms with Gasteiger partial charge in [-0.15, -0.1) is 0 Å². The van der Waals surface area contributed by atoms with Gasteiger partial charge in [0.25, 0.3) is 0 Å². The van der Waals surface area contributed by atoms with Gasteiger partial charge in [-0.2, -0.15) is 0 Å². The number of nitrogens with one attached hydrogen (secondary N) is 3. The fourth-order valence-corrected chi connectivity index (χ4v) is 2.28. The fraction of sp³-hybridized carbons (Fsp3) is 0.222. The molecule has 0 unspecified atom stereocenters. The summed E-state index contributed by atoms with van der Waals surface area (Å²) in [5, 5.41) is 8.44. The fourth-order valence-electron chi connectivity index (χ4n) is 2.13. The molecule has 0 bridgehead atoms. The van der Waals surface area contributed by atoms with E-state index in [1.807, 2.05) is 37.3 Å². The standard InChI is InChI=1S/C18H20ClN3O3/c1-12-8-15(16(25-2)9-14(12)19)22-17(23)11-21-18(24)20-10-13-6-4-3-5-7-13/h3-9H,10-11H2,1-2H3,(H,22,23)(H2,20,21,24). The zero-order valence-corrected chi connectivity index (χ0v) is 14.8. The van der Waals surface area contributed by atoms with Gasteiger partial charge in [0.05, 0.1) is 19.3 Å². The smallest absolute Gasteiger partial charge is 0.315 e. The average molecular weight is 362 g/mol. The maximum Gasteiger partial charge on any atom is 0.315 e. The van der Waals surface area contributed by atoms with E-state index in [1.165, 1.54) is 7.11 Å². The van der Waals surface area contributed by atoms with Crippen molar-refractivity contribution in [3.05, 3.63) is 58.6 Å². The summed E-state index contributed by atoms with van der Waals surface area (Å²) in [7, 11) is 1.49. The molecular formula is C18H20ClN3O3. The normalized spacial score (nSPS) is 10.0. The first-order valence-electron chi connectivity index (χ1n) is 7.69. The summed E-state index contributed by atoms with van der Waals surface area (Å²) in [5.74, 6) is 0.0902. The molecule has 2 aromatic carbocycles. The lowest BCUT2D eigenvalue weighted by Gasteiger charge is -2.13. The summed E-state index contributed by atoms with van der Waals surface area (Å²) in [4.78, 5) is 23.8. The zero-order chi connectivity index (χ0) is 18.2. The Morgan fingerprint density at radius 1 is 1.12 bits per heavy atom. The monoisotopic (exact) mass is 361 g/mol. The number of benzene rings is 2. The van der Waals surface area contributed by atoms with Crippen molar-refractivity contribution in [3.8, 4) is 5.75 Å². The van der Waals surface area contributed by atoms with Gasteiger partial charge in [-0.05, 0) is 24.1 Å². The second-order valence-corrected chi connectivity index (χ2v) is 5.78. The number of hydrogen-bond donors (Lipinski definition) is 3. The van der Waals surface area contributed by atoms with E-state index in [0.717, 1.165) is 11.1 Å². The van der Waals surface area contributed by atoms with Gasteiger partial charge in [0, 0.05) is 17.6 Å². The molecule has 0 aliphatic rings. The first-order valence-corrected chi connectivity index (χ1v) is 8.07. The number of hydrogen-bond acceptors (Lipinski definition) is 3. The lowest BCUT2D eigenvalue weighted by atomic mass is 10.2. The largest absolute Gasteiger partial charge is 0.495 e. The third kappa shape index (κ3) is 5.69. The van der Waals surface area contributed by atoms with Crippen LogP contribution in [-0.2, 0) is 11.3 Å². The maximum atomic E-state index is 12.0. The minimum atomic E-state index is -0.418. The Morgan fingerprint density at radius 2 is 1.84 bits per heavy atom.